The van der Waals surface area contributed by atoms with Crippen LogP contribution in [-0.4, -0.2) is 70.8 Å². The first-order valence-corrected chi connectivity index (χ1v) is 9.57. The Bertz CT molecular complexity index is 596. The number of carbonyl (C=O) groups excluding carboxylic acids is 2. The predicted molar refractivity (Wildman–Crippen MR) is 107 cm³/mol. The van der Waals surface area contributed by atoms with Crippen LogP contribution in [0.25, 0.3) is 0 Å². The van der Waals surface area contributed by atoms with Crippen molar-refractivity contribution >= 4 is 17.7 Å². The maximum absolute atomic E-state index is 11.6. The van der Waals surface area contributed by atoms with E-state index in [0.717, 1.165) is 38.9 Å². The minimum Gasteiger partial charge on any atom is -0.439 e. The quantitative estimate of drug-likeness (QED) is 0.719. The van der Waals surface area contributed by atoms with Gasteiger partial charge in [0.2, 0.25) is 0 Å². The molecule has 0 aliphatic carbocycles. The van der Waals surface area contributed by atoms with Crippen molar-refractivity contribution in [3.05, 3.63) is 29.8 Å². The van der Waals surface area contributed by atoms with Crippen molar-refractivity contribution in [2.45, 2.75) is 19.3 Å². The van der Waals surface area contributed by atoms with Gasteiger partial charge in [-0.25, -0.2) is 4.79 Å². The summed E-state index contributed by atoms with van der Waals surface area (Å²) in [6.45, 7) is 3.53. The SMILES string of the molecule is CNC(=O)COC(=O)NCC1CCN(CCc2ccc(N(C)C)cc2)CC1. The van der Waals surface area contributed by atoms with Gasteiger partial charge in [-0.1, -0.05) is 12.1 Å². The van der Waals surface area contributed by atoms with Gasteiger partial charge in [-0.2, -0.15) is 0 Å². The lowest BCUT2D eigenvalue weighted by atomic mass is 9.96. The molecule has 1 aliphatic rings. The maximum atomic E-state index is 11.6. The second-order valence-corrected chi connectivity index (χ2v) is 7.23. The summed E-state index contributed by atoms with van der Waals surface area (Å²) in [5, 5.41) is 5.17. The van der Waals surface area contributed by atoms with Gasteiger partial charge in [0.15, 0.2) is 6.61 Å². The predicted octanol–water partition coefficient (Wildman–Crippen LogP) is 1.48. The molecule has 0 spiro atoms. The number of alkyl carbamates (subject to hydrolysis) is 1. The Morgan fingerprint density at radius 3 is 2.44 bits per heavy atom. The molecule has 1 saturated heterocycles. The minimum atomic E-state index is -0.526. The fourth-order valence-electron chi connectivity index (χ4n) is 3.14. The zero-order valence-electron chi connectivity index (χ0n) is 16.7. The minimum absolute atomic E-state index is 0.240. The van der Waals surface area contributed by atoms with Gasteiger partial charge >= 0.3 is 6.09 Å². The lowest BCUT2D eigenvalue weighted by Gasteiger charge is -2.32. The lowest BCUT2D eigenvalue weighted by molar-refractivity contribution is -0.123. The van der Waals surface area contributed by atoms with Gasteiger partial charge in [0.05, 0.1) is 0 Å². The van der Waals surface area contributed by atoms with Crippen LogP contribution in [-0.2, 0) is 16.0 Å². The van der Waals surface area contributed by atoms with Crippen molar-refractivity contribution in [3.8, 4) is 0 Å². The van der Waals surface area contributed by atoms with E-state index in [1.165, 1.54) is 18.3 Å². The molecule has 1 fully saturated rings. The summed E-state index contributed by atoms with van der Waals surface area (Å²) < 4.78 is 4.84. The normalized spacial score (nSPS) is 15.2. The molecule has 7 heteroatoms. The van der Waals surface area contributed by atoms with Crippen LogP contribution in [0.4, 0.5) is 10.5 Å². The maximum Gasteiger partial charge on any atom is 0.407 e. The fraction of sp³-hybridized carbons (Fsp3) is 0.600. The number of benzene rings is 1. The largest absolute Gasteiger partial charge is 0.439 e. The molecule has 1 heterocycles. The van der Waals surface area contributed by atoms with Gasteiger partial charge in [-0.15, -0.1) is 0 Å². The Balaban J connectivity index is 1.61. The second-order valence-electron chi connectivity index (χ2n) is 7.23. The summed E-state index contributed by atoms with van der Waals surface area (Å²) in [5.41, 5.74) is 2.59. The standard InChI is InChI=1S/C20H32N4O3/c1-21-19(25)15-27-20(26)22-14-17-9-12-24(13-10-17)11-8-16-4-6-18(7-5-16)23(2)3/h4-7,17H,8-15H2,1-3H3,(H,21,25)(H,22,26). The van der Waals surface area contributed by atoms with Crippen LogP contribution >= 0.6 is 0 Å². The number of hydrogen-bond acceptors (Lipinski definition) is 5. The van der Waals surface area contributed by atoms with Crippen LogP contribution in [0.1, 0.15) is 18.4 Å². The zero-order chi connectivity index (χ0) is 19.6. The molecule has 0 aromatic heterocycles. The highest BCUT2D eigenvalue weighted by Crippen LogP contribution is 2.18. The van der Waals surface area contributed by atoms with Crippen molar-refractivity contribution in [2.75, 3.05) is 58.8 Å². The van der Waals surface area contributed by atoms with E-state index in [-0.39, 0.29) is 12.5 Å². The first-order chi connectivity index (χ1) is 13.0. The molecule has 2 N–H and O–H groups in total. The smallest absolute Gasteiger partial charge is 0.407 e. The van der Waals surface area contributed by atoms with Crippen LogP contribution < -0.4 is 15.5 Å². The van der Waals surface area contributed by atoms with Gasteiger partial charge < -0.3 is 25.2 Å². The first-order valence-electron chi connectivity index (χ1n) is 9.57. The van der Waals surface area contributed by atoms with Gasteiger partial charge in [-0.3, -0.25) is 4.79 Å². The second kappa shape index (κ2) is 10.8. The summed E-state index contributed by atoms with van der Waals surface area (Å²) in [4.78, 5) is 27.2. The molecular weight excluding hydrogens is 344 g/mol. The van der Waals surface area contributed by atoms with Gasteiger partial charge in [0.1, 0.15) is 0 Å². The molecule has 1 aromatic rings. The summed E-state index contributed by atoms with van der Waals surface area (Å²) in [6, 6.07) is 8.74. The molecule has 0 unspecified atom stereocenters. The van der Waals surface area contributed by atoms with E-state index in [2.05, 4.69) is 58.8 Å². The number of amides is 2. The number of nitrogens with one attached hydrogen (secondary N) is 2. The first kappa shape index (κ1) is 21.0. The van der Waals surface area contributed by atoms with E-state index in [9.17, 15) is 9.59 Å². The average Bonchev–Trinajstić information content (AvgIpc) is 2.69. The Hall–Kier alpha value is -2.28. The number of hydrogen-bond donors (Lipinski definition) is 2. The third-order valence-corrected chi connectivity index (χ3v) is 5.02. The zero-order valence-corrected chi connectivity index (χ0v) is 16.7. The van der Waals surface area contributed by atoms with E-state index >= 15 is 0 Å². The van der Waals surface area contributed by atoms with Gasteiger partial charge in [0, 0.05) is 39.9 Å². The summed E-state index contributed by atoms with van der Waals surface area (Å²) in [5.74, 6) is 0.156. The Morgan fingerprint density at radius 1 is 1.19 bits per heavy atom. The van der Waals surface area contributed by atoms with Crippen molar-refractivity contribution in [1.29, 1.82) is 0 Å². The molecule has 0 bridgehead atoms. The van der Waals surface area contributed by atoms with E-state index in [1.807, 2.05) is 0 Å². The molecule has 0 radical (unpaired) electrons. The number of ether oxygens (including phenoxy) is 1. The Kier molecular flexibility index (Phi) is 8.39. The monoisotopic (exact) mass is 376 g/mol. The van der Waals surface area contributed by atoms with Crippen molar-refractivity contribution in [3.63, 3.8) is 0 Å². The number of rotatable bonds is 8. The molecule has 7 nitrogen and oxygen atoms in total. The third-order valence-electron chi connectivity index (χ3n) is 5.02. The lowest BCUT2D eigenvalue weighted by Crippen LogP contribution is -2.40. The molecule has 2 rings (SSSR count). The van der Waals surface area contributed by atoms with Crippen molar-refractivity contribution in [2.24, 2.45) is 5.92 Å². The number of carbonyl (C=O) groups is 2. The molecule has 27 heavy (non-hydrogen) atoms. The molecule has 2 amide bonds. The molecular formula is C20H32N4O3. The highest BCUT2D eigenvalue weighted by atomic mass is 16.6. The molecule has 150 valence electrons. The number of likely N-dealkylation sites (tertiary alicyclic amines) is 1. The van der Waals surface area contributed by atoms with Crippen LogP contribution in [0.3, 0.4) is 0 Å². The number of likely N-dealkylation sites (N-methyl/N-ethyl adjacent to an activating group) is 1. The summed E-state index contributed by atoms with van der Waals surface area (Å²) in [6.07, 6.45) is 2.66. The molecule has 1 aliphatic heterocycles. The Labute approximate surface area is 162 Å². The van der Waals surface area contributed by atoms with Crippen LogP contribution in [0.5, 0.6) is 0 Å². The van der Waals surface area contributed by atoms with Gasteiger partial charge in [0.25, 0.3) is 5.91 Å². The summed E-state index contributed by atoms with van der Waals surface area (Å²) in [7, 11) is 5.61. The average molecular weight is 377 g/mol. The number of nitrogens with zero attached hydrogens (tertiary/aromatic N) is 2. The molecule has 1 aromatic carbocycles. The van der Waals surface area contributed by atoms with Crippen LogP contribution in [0.15, 0.2) is 24.3 Å². The highest BCUT2D eigenvalue weighted by molar-refractivity contribution is 5.79. The van der Waals surface area contributed by atoms with Crippen LogP contribution in [0.2, 0.25) is 0 Å². The van der Waals surface area contributed by atoms with E-state index in [0.29, 0.717) is 12.5 Å². The van der Waals surface area contributed by atoms with E-state index < -0.39 is 6.09 Å². The third kappa shape index (κ3) is 7.46. The van der Waals surface area contributed by atoms with Crippen molar-refractivity contribution < 1.29 is 14.3 Å². The van der Waals surface area contributed by atoms with Gasteiger partial charge in [-0.05, 0) is 56.0 Å². The highest BCUT2D eigenvalue weighted by Gasteiger charge is 2.19. The van der Waals surface area contributed by atoms with E-state index in [1.54, 1.807) is 0 Å². The summed E-state index contributed by atoms with van der Waals surface area (Å²) >= 11 is 0. The van der Waals surface area contributed by atoms with E-state index in [4.69, 9.17) is 4.74 Å². The van der Waals surface area contributed by atoms with Crippen LogP contribution in [0, 0.1) is 5.92 Å². The Morgan fingerprint density at radius 2 is 1.85 bits per heavy atom. The topological polar surface area (TPSA) is 73.9 Å². The number of piperidine rings is 1. The number of anilines is 1. The molecule has 0 saturated carbocycles. The fourth-order valence-corrected chi connectivity index (χ4v) is 3.14. The van der Waals surface area contributed by atoms with Crippen molar-refractivity contribution in [1.82, 2.24) is 15.5 Å². The molecule has 0 atom stereocenters.